The van der Waals surface area contributed by atoms with Gasteiger partial charge in [0.05, 0.1) is 17.2 Å². The molecule has 21 heavy (non-hydrogen) atoms. The van der Waals surface area contributed by atoms with Crippen LogP contribution in [0.1, 0.15) is 37.2 Å². The Balaban J connectivity index is 2.19. The molecule has 2 nitrogen and oxygen atoms in total. The van der Waals surface area contributed by atoms with Gasteiger partial charge in [0.1, 0.15) is 6.07 Å². The number of rotatable bonds is 2. The van der Waals surface area contributed by atoms with Crippen molar-refractivity contribution in [2.24, 2.45) is 0 Å². The van der Waals surface area contributed by atoms with E-state index in [1.54, 1.807) is 11.8 Å². The molecule has 0 amide bonds. The SMILES string of the molecule is CSC1=C2CCCCC2=C(C#N)C(=N)C1c1ccccc1. The summed E-state index contributed by atoms with van der Waals surface area (Å²) in [7, 11) is 0. The predicted octanol–water partition coefficient (Wildman–Crippen LogP) is 4.81. The third kappa shape index (κ3) is 2.34. The molecule has 0 radical (unpaired) electrons. The molecule has 1 atom stereocenters. The molecule has 0 aliphatic heterocycles. The maximum atomic E-state index is 9.55. The fourth-order valence-electron chi connectivity index (χ4n) is 3.40. The van der Waals surface area contributed by atoms with Crippen LogP contribution >= 0.6 is 11.8 Å². The average Bonchev–Trinajstić information content (AvgIpc) is 2.54. The summed E-state index contributed by atoms with van der Waals surface area (Å²) in [5, 5.41) is 18.1. The molecular weight excluding hydrogens is 276 g/mol. The van der Waals surface area contributed by atoms with Crippen molar-refractivity contribution in [3.8, 4) is 6.07 Å². The van der Waals surface area contributed by atoms with Gasteiger partial charge in [0.15, 0.2) is 0 Å². The largest absolute Gasteiger partial charge is 0.303 e. The van der Waals surface area contributed by atoms with E-state index < -0.39 is 0 Å². The van der Waals surface area contributed by atoms with Gasteiger partial charge in [0.25, 0.3) is 0 Å². The van der Waals surface area contributed by atoms with Crippen molar-refractivity contribution in [2.45, 2.75) is 31.6 Å². The standard InChI is InChI=1S/C18H18N2S/c1-21-18-14-10-6-5-9-13(14)15(11-19)17(20)16(18)12-7-3-2-4-8-12/h2-4,7-8,16,20H,5-6,9-10H2,1H3. The number of nitrogens with zero attached hydrogens (tertiary/aromatic N) is 1. The molecule has 1 saturated carbocycles. The first-order chi connectivity index (χ1) is 10.3. The summed E-state index contributed by atoms with van der Waals surface area (Å²) in [6.07, 6.45) is 6.42. The van der Waals surface area contributed by atoms with E-state index in [4.69, 9.17) is 5.41 Å². The van der Waals surface area contributed by atoms with E-state index in [1.807, 2.05) is 18.2 Å². The summed E-state index contributed by atoms with van der Waals surface area (Å²) in [6, 6.07) is 12.5. The average molecular weight is 294 g/mol. The molecule has 0 saturated heterocycles. The molecule has 0 bridgehead atoms. The van der Waals surface area contributed by atoms with Crippen molar-refractivity contribution in [3.63, 3.8) is 0 Å². The second-order valence-electron chi connectivity index (χ2n) is 5.48. The van der Waals surface area contributed by atoms with Crippen LogP contribution in [-0.2, 0) is 0 Å². The lowest BCUT2D eigenvalue weighted by Gasteiger charge is -2.33. The molecule has 106 valence electrons. The fourth-order valence-corrected chi connectivity index (χ4v) is 4.36. The van der Waals surface area contributed by atoms with E-state index in [1.165, 1.54) is 16.9 Å². The molecule has 2 aliphatic rings. The lowest BCUT2D eigenvalue weighted by atomic mass is 9.75. The summed E-state index contributed by atoms with van der Waals surface area (Å²) in [6.45, 7) is 0. The van der Waals surface area contributed by atoms with Crippen molar-refractivity contribution in [2.75, 3.05) is 6.26 Å². The van der Waals surface area contributed by atoms with Crippen LogP contribution in [0.4, 0.5) is 0 Å². The molecule has 3 heteroatoms. The third-order valence-corrected chi connectivity index (χ3v) is 5.27. The quantitative estimate of drug-likeness (QED) is 0.850. The van der Waals surface area contributed by atoms with Crippen LogP contribution in [0.25, 0.3) is 0 Å². The van der Waals surface area contributed by atoms with Crippen LogP contribution in [0, 0.1) is 16.7 Å². The number of nitriles is 1. The predicted molar refractivity (Wildman–Crippen MR) is 88.6 cm³/mol. The van der Waals surface area contributed by atoms with Gasteiger partial charge >= 0.3 is 0 Å². The Hall–Kier alpha value is -1.79. The summed E-state index contributed by atoms with van der Waals surface area (Å²) >= 11 is 1.75. The summed E-state index contributed by atoms with van der Waals surface area (Å²) in [5.41, 5.74) is 4.71. The zero-order chi connectivity index (χ0) is 14.8. The number of nitrogens with one attached hydrogen (secondary N) is 1. The highest BCUT2D eigenvalue weighted by molar-refractivity contribution is 8.02. The highest BCUT2D eigenvalue weighted by Crippen LogP contribution is 2.47. The first-order valence-electron chi connectivity index (χ1n) is 7.32. The minimum Gasteiger partial charge on any atom is -0.303 e. The Morgan fingerprint density at radius 3 is 2.43 bits per heavy atom. The van der Waals surface area contributed by atoms with Crippen molar-refractivity contribution in [3.05, 3.63) is 57.5 Å². The Morgan fingerprint density at radius 2 is 1.81 bits per heavy atom. The van der Waals surface area contributed by atoms with Crippen LogP contribution in [-0.4, -0.2) is 12.0 Å². The monoisotopic (exact) mass is 294 g/mol. The lowest BCUT2D eigenvalue weighted by molar-refractivity contribution is 0.669. The zero-order valence-electron chi connectivity index (χ0n) is 12.1. The van der Waals surface area contributed by atoms with E-state index in [2.05, 4.69) is 24.5 Å². The highest BCUT2D eigenvalue weighted by Gasteiger charge is 2.35. The van der Waals surface area contributed by atoms with E-state index in [0.717, 1.165) is 30.4 Å². The van der Waals surface area contributed by atoms with Gasteiger partial charge in [0.2, 0.25) is 0 Å². The molecule has 0 spiro atoms. The Kier molecular flexibility index (Phi) is 3.98. The highest BCUT2D eigenvalue weighted by atomic mass is 32.2. The minimum absolute atomic E-state index is 0.0623. The number of thioether (sulfide) groups is 1. The number of hydrogen-bond donors (Lipinski definition) is 1. The van der Waals surface area contributed by atoms with Gasteiger partial charge in [-0.05, 0) is 48.6 Å². The van der Waals surface area contributed by atoms with Gasteiger partial charge in [0, 0.05) is 4.91 Å². The second kappa shape index (κ2) is 5.91. The van der Waals surface area contributed by atoms with Crippen LogP contribution in [0.5, 0.6) is 0 Å². The van der Waals surface area contributed by atoms with Gasteiger partial charge < -0.3 is 5.41 Å². The van der Waals surface area contributed by atoms with Crippen molar-refractivity contribution >= 4 is 17.5 Å². The van der Waals surface area contributed by atoms with Gasteiger partial charge in [-0.25, -0.2) is 0 Å². The van der Waals surface area contributed by atoms with Crippen LogP contribution in [0.3, 0.4) is 0 Å². The van der Waals surface area contributed by atoms with Crippen LogP contribution in [0.2, 0.25) is 0 Å². The van der Waals surface area contributed by atoms with Gasteiger partial charge in [-0.15, -0.1) is 11.8 Å². The normalized spacial score (nSPS) is 22.1. The van der Waals surface area contributed by atoms with Crippen molar-refractivity contribution < 1.29 is 0 Å². The van der Waals surface area contributed by atoms with Crippen LogP contribution < -0.4 is 0 Å². The number of hydrogen-bond acceptors (Lipinski definition) is 3. The summed E-state index contributed by atoms with van der Waals surface area (Å²) < 4.78 is 0. The lowest BCUT2D eigenvalue weighted by Crippen LogP contribution is -2.24. The van der Waals surface area contributed by atoms with E-state index >= 15 is 0 Å². The molecule has 0 heterocycles. The molecule has 1 unspecified atom stereocenters. The smallest absolute Gasteiger partial charge is 0.101 e. The van der Waals surface area contributed by atoms with E-state index in [0.29, 0.717) is 11.3 Å². The van der Waals surface area contributed by atoms with E-state index in [9.17, 15) is 5.26 Å². The molecular formula is C18H18N2S. The Labute approximate surface area is 130 Å². The third-order valence-electron chi connectivity index (χ3n) is 4.35. The van der Waals surface area contributed by atoms with Crippen LogP contribution in [0.15, 0.2) is 52.0 Å². The fraction of sp³-hybridized carbons (Fsp3) is 0.333. The van der Waals surface area contributed by atoms with Crippen molar-refractivity contribution in [1.82, 2.24) is 0 Å². The maximum absolute atomic E-state index is 9.55. The van der Waals surface area contributed by atoms with Gasteiger partial charge in [-0.3, -0.25) is 0 Å². The number of benzene rings is 1. The molecule has 3 rings (SSSR count). The number of fused-ring (bicyclic) bond motifs is 1. The molecule has 2 aliphatic carbocycles. The molecule has 1 aromatic rings. The Morgan fingerprint density at radius 1 is 1.14 bits per heavy atom. The topological polar surface area (TPSA) is 47.6 Å². The summed E-state index contributed by atoms with van der Waals surface area (Å²) in [4.78, 5) is 1.28. The second-order valence-corrected chi connectivity index (χ2v) is 6.32. The summed E-state index contributed by atoms with van der Waals surface area (Å²) in [5.74, 6) is -0.0623. The minimum atomic E-state index is -0.0623. The number of allylic oxidation sites excluding steroid dienone is 4. The van der Waals surface area contributed by atoms with Gasteiger partial charge in [-0.1, -0.05) is 30.3 Å². The zero-order valence-corrected chi connectivity index (χ0v) is 13.0. The first kappa shape index (κ1) is 14.2. The molecule has 1 N–H and O–H groups in total. The molecule has 1 fully saturated rings. The molecule has 0 aromatic heterocycles. The maximum Gasteiger partial charge on any atom is 0.101 e. The Bertz CT molecular complexity index is 677. The molecule has 1 aromatic carbocycles. The first-order valence-corrected chi connectivity index (χ1v) is 8.54. The van der Waals surface area contributed by atoms with Crippen molar-refractivity contribution in [1.29, 1.82) is 10.7 Å². The van der Waals surface area contributed by atoms with E-state index in [-0.39, 0.29) is 5.92 Å². The van der Waals surface area contributed by atoms with Gasteiger partial charge in [-0.2, -0.15) is 5.26 Å².